The third-order valence-corrected chi connectivity index (χ3v) is 2.81. The number of nitrogens with one attached hydrogen (secondary N) is 1. The van der Waals surface area contributed by atoms with Gasteiger partial charge in [0.05, 0.1) is 5.92 Å². The van der Waals surface area contributed by atoms with Crippen LogP contribution in [0.5, 0.6) is 0 Å². The molecule has 42 valence electrons. The minimum absolute atomic E-state index is 0.314. The number of piperidine rings is 1. The van der Waals surface area contributed by atoms with E-state index in [1.54, 1.807) is 0 Å². The number of hydrogen-bond donors (Lipinski definition) is 1. The van der Waals surface area contributed by atoms with Gasteiger partial charge in [-0.3, -0.25) is 4.79 Å². The summed E-state index contributed by atoms with van der Waals surface area (Å²) in [5.74, 6) is 2.53. The average Bonchev–Trinajstić information content (AvgIpc) is 2.33. The molecule has 2 aliphatic carbocycles. The Morgan fingerprint density at radius 2 is 2.38 bits per heavy atom. The number of hydrogen-bond acceptors (Lipinski definition) is 1. The predicted molar refractivity (Wildman–Crippen MR) is 27.0 cm³/mol. The standard InChI is InChI=1S/C6H7NO/c8-6-4-2-1-3(2)5(4)7-6/h2-5H,1H2,(H,7,8). The van der Waals surface area contributed by atoms with Gasteiger partial charge in [-0.2, -0.15) is 0 Å². The Kier molecular flexibility index (Phi) is 0.311. The Morgan fingerprint density at radius 3 is 2.88 bits per heavy atom. The van der Waals surface area contributed by atoms with Crippen LogP contribution < -0.4 is 5.32 Å². The molecule has 0 aromatic heterocycles. The van der Waals surface area contributed by atoms with Crippen molar-refractivity contribution in [2.75, 3.05) is 0 Å². The first-order valence-corrected chi connectivity index (χ1v) is 3.18. The second-order valence-corrected chi connectivity index (χ2v) is 3.12. The molecule has 1 amide bonds. The highest BCUT2D eigenvalue weighted by Crippen LogP contribution is 2.63. The lowest BCUT2D eigenvalue weighted by molar-refractivity contribution is -0.142. The van der Waals surface area contributed by atoms with E-state index in [0.717, 1.165) is 11.8 Å². The molecule has 1 saturated heterocycles. The van der Waals surface area contributed by atoms with Gasteiger partial charge < -0.3 is 5.32 Å². The van der Waals surface area contributed by atoms with Gasteiger partial charge >= 0.3 is 0 Å². The number of fused-ring (bicyclic) bond motifs is 4. The zero-order valence-electron chi connectivity index (χ0n) is 4.42. The summed E-state index contributed by atoms with van der Waals surface area (Å²) in [7, 11) is 0. The van der Waals surface area contributed by atoms with Crippen LogP contribution in [0.4, 0.5) is 0 Å². The van der Waals surface area contributed by atoms with Crippen molar-refractivity contribution in [3.63, 3.8) is 0 Å². The van der Waals surface area contributed by atoms with Crippen LogP contribution in [0.3, 0.4) is 0 Å². The molecule has 4 atom stereocenters. The average molecular weight is 109 g/mol. The fourth-order valence-electron chi connectivity index (χ4n) is 2.17. The maximum absolute atomic E-state index is 10.6. The lowest BCUT2D eigenvalue weighted by Gasteiger charge is -2.44. The predicted octanol–water partition coefficient (Wildman–Crippen LogP) is -0.249. The van der Waals surface area contributed by atoms with Crippen LogP contribution >= 0.6 is 0 Å². The first-order valence-electron chi connectivity index (χ1n) is 3.18. The van der Waals surface area contributed by atoms with E-state index < -0.39 is 0 Å². The highest BCUT2D eigenvalue weighted by Gasteiger charge is 2.69. The first-order chi connectivity index (χ1) is 3.88. The first kappa shape index (κ1) is 3.49. The van der Waals surface area contributed by atoms with Gasteiger partial charge in [0.2, 0.25) is 5.91 Å². The molecule has 0 radical (unpaired) electrons. The third kappa shape index (κ3) is 0.168. The zero-order chi connectivity index (χ0) is 5.30. The molecule has 2 nitrogen and oxygen atoms in total. The van der Waals surface area contributed by atoms with Crippen molar-refractivity contribution in [1.29, 1.82) is 0 Å². The maximum Gasteiger partial charge on any atom is 0.225 e. The second kappa shape index (κ2) is 0.714. The monoisotopic (exact) mass is 109 g/mol. The van der Waals surface area contributed by atoms with Crippen molar-refractivity contribution in [1.82, 2.24) is 5.32 Å². The van der Waals surface area contributed by atoms with Gasteiger partial charge in [-0.15, -0.1) is 0 Å². The summed E-state index contributed by atoms with van der Waals surface area (Å²) in [6, 6.07) is 0.632. The normalized spacial score (nSPS) is 63.8. The summed E-state index contributed by atoms with van der Waals surface area (Å²) in [6.07, 6.45) is 1.33. The minimum atomic E-state index is 0.314. The quantitative estimate of drug-likeness (QED) is 0.427. The summed E-state index contributed by atoms with van der Waals surface area (Å²) in [4.78, 5) is 10.6. The van der Waals surface area contributed by atoms with E-state index in [-0.39, 0.29) is 0 Å². The van der Waals surface area contributed by atoms with Crippen molar-refractivity contribution < 1.29 is 4.79 Å². The van der Waals surface area contributed by atoms with Gasteiger partial charge in [-0.1, -0.05) is 0 Å². The Balaban J connectivity index is 1.98. The highest BCUT2D eigenvalue weighted by molar-refractivity contribution is 5.89. The summed E-state index contributed by atoms with van der Waals surface area (Å²) in [5, 5.41) is 2.89. The molecule has 1 N–H and O–H groups in total. The fourth-order valence-corrected chi connectivity index (χ4v) is 2.17. The molecule has 0 aromatic rings. The third-order valence-electron chi connectivity index (χ3n) is 2.81. The van der Waals surface area contributed by atoms with Gasteiger partial charge in [0.25, 0.3) is 0 Å². The van der Waals surface area contributed by atoms with Crippen molar-refractivity contribution >= 4 is 5.91 Å². The molecule has 3 fully saturated rings. The van der Waals surface area contributed by atoms with Crippen LogP contribution in [0.1, 0.15) is 6.42 Å². The zero-order valence-corrected chi connectivity index (χ0v) is 4.42. The Bertz CT molecular complexity index is 177. The lowest BCUT2D eigenvalue weighted by Crippen LogP contribution is -2.66. The van der Waals surface area contributed by atoms with Gasteiger partial charge in [-0.25, -0.2) is 0 Å². The molecule has 0 aromatic carbocycles. The Morgan fingerprint density at radius 1 is 1.50 bits per heavy atom. The van der Waals surface area contributed by atoms with Crippen LogP contribution in [0.25, 0.3) is 0 Å². The number of rotatable bonds is 0. The molecule has 3 rings (SSSR count). The topological polar surface area (TPSA) is 29.1 Å². The van der Waals surface area contributed by atoms with Gasteiger partial charge in [0, 0.05) is 6.04 Å². The van der Waals surface area contributed by atoms with Gasteiger partial charge in [-0.05, 0) is 18.3 Å². The molecule has 3 aliphatic rings. The van der Waals surface area contributed by atoms with Crippen molar-refractivity contribution in [2.45, 2.75) is 12.5 Å². The summed E-state index contributed by atoms with van der Waals surface area (Å²) >= 11 is 0. The van der Waals surface area contributed by atoms with E-state index in [1.807, 2.05) is 0 Å². The van der Waals surface area contributed by atoms with Crippen molar-refractivity contribution in [3.8, 4) is 0 Å². The molecule has 1 aliphatic heterocycles. The molecule has 2 heteroatoms. The number of carbonyl (C=O) groups is 1. The summed E-state index contributed by atoms with van der Waals surface area (Å²) < 4.78 is 0. The number of β-lactam (4-membered cyclic amide) rings is 1. The van der Waals surface area contributed by atoms with Crippen molar-refractivity contribution in [2.24, 2.45) is 17.8 Å². The SMILES string of the molecule is O=C1NC2C3CC3C12. The van der Waals surface area contributed by atoms with E-state index in [9.17, 15) is 4.79 Å². The number of amides is 1. The molecule has 0 spiro atoms. The van der Waals surface area contributed by atoms with Crippen LogP contribution in [-0.4, -0.2) is 11.9 Å². The van der Waals surface area contributed by atoms with Crippen molar-refractivity contribution in [3.05, 3.63) is 0 Å². The van der Waals surface area contributed by atoms with Crippen LogP contribution in [0, 0.1) is 17.8 Å². The molecule has 4 unspecified atom stereocenters. The lowest BCUT2D eigenvalue weighted by atomic mass is 9.73. The summed E-state index contributed by atoms with van der Waals surface area (Å²) in [5.41, 5.74) is 0. The largest absolute Gasteiger partial charge is 0.352 e. The molecule has 2 saturated carbocycles. The van der Waals surface area contributed by atoms with Gasteiger partial charge in [0.1, 0.15) is 0 Å². The molecular formula is C6H7NO. The van der Waals surface area contributed by atoms with E-state index in [2.05, 4.69) is 5.32 Å². The van der Waals surface area contributed by atoms with Gasteiger partial charge in [0.15, 0.2) is 0 Å². The molecule has 1 heterocycles. The molecule has 0 bridgehead atoms. The number of carbonyl (C=O) groups excluding carboxylic acids is 1. The smallest absolute Gasteiger partial charge is 0.225 e. The molecular weight excluding hydrogens is 102 g/mol. The van der Waals surface area contributed by atoms with E-state index in [1.165, 1.54) is 6.42 Å². The van der Waals surface area contributed by atoms with E-state index >= 15 is 0 Å². The maximum atomic E-state index is 10.6. The van der Waals surface area contributed by atoms with E-state index in [4.69, 9.17) is 0 Å². The van der Waals surface area contributed by atoms with E-state index in [0.29, 0.717) is 17.9 Å². The highest BCUT2D eigenvalue weighted by atomic mass is 16.2. The molecule has 8 heavy (non-hydrogen) atoms. The second-order valence-electron chi connectivity index (χ2n) is 3.12. The van der Waals surface area contributed by atoms with Crippen LogP contribution in [0.15, 0.2) is 0 Å². The minimum Gasteiger partial charge on any atom is -0.352 e. The van der Waals surface area contributed by atoms with Crippen LogP contribution in [-0.2, 0) is 4.79 Å². The van der Waals surface area contributed by atoms with Crippen LogP contribution in [0.2, 0.25) is 0 Å². The fraction of sp³-hybridized carbons (Fsp3) is 0.833. The Labute approximate surface area is 47.3 Å². The summed E-state index contributed by atoms with van der Waals surface area (Å²) in [6.45, 7) is 0. The Hall–Kier alpha value is -0.530.